The van der Waals surface area contributed by atoms with E-state index in [-0.39, 0.29) is 6.61 Å². The van der Waals surface area contributed by atoms with Gasteiger partial charge in [0, 0.05) is 18.5 Å². The maximum absolute atomic E-state index is 13.1. The number of methoxy groups -OCH3 is 2. The molecule has 0 aliphatic carbocycles. The van der Waals surface area contributed by atoms with Crippen molar-refractivity contribution >= 4 is 35.0 Å². The molecule has 0 aromatic heterocycles. The molecule has 31 heavy (non-hydrogen) atoms. The van der Waals surface area contributed by atoms with Gasteiger partial charge in [0.05, 0.1) is 30.9 Å². The van der Waals surface area contributed by atoms with Gasteiger partial charge < -0.3 is 19.5 Å². The second-order valence-electron chi connectivity index (χ2n) is 6.79. The monoisotopic (exact) mass is 440 g/mol. The molecule has 162 valence electrons. The molecule has 1 heterocycles. The summed E-state index contributed by atoms with van der Waals surface area (Å²) in [6.07, 6.45) is 0. The van der Waals surface area contributed by atoms with Crippen LogP contribution in [0.3, 0.4) is 0 Å². The van der Waals surface area contributed by atoms with Crippen LogP contribution in [0.4, 0.5) is 5.69 Å². The number of hydrogen-bond acceptors (Lipinski definition) is 6. The number of benzene rings is 2. The third-order valence-electron chi connectivity index (χ3n) is 4.90. The fourth-order valence-electron chi connectivity index (χ4n) is 3.37. The summed E-state index contributed by atoms with van der Waals surface area (Å²) < 4.78 is 15.2. The van der Waals surface area contributed by atoms with Crippen molar-refractivity contribution in [2.24, 2.45) is 0 Å². The molecule has 0 spiro atoms. The summed E-state index contributed by atoms with van der Waals surface area (Å²) in [7, 11) is 2.87. The normalized spacial score (nSPS) is 16.0. The molecule has 1 aliphatic heterocycles. The highest BCUT2D eigenvalue weighted by atomic mass is 32.1. The number of allylic oxidation sites excluding steroid dienone is 1. The first kappa shape index (κ1) is 22.5. The number of nitrogens with zero attached hydrogens (tertiary/aromatic N) is 1. The van der Waals surface area contributed by atoms with E-state index < -0.39 is 18.0 Å². The minimum Gasteiger partial charge on any atom is -0.465 e. The quantitative estimate of drug-likeness (QED) is 0.399. The Labute approximate surface area is 186 Å². The summed E-state index contributed by atoms with van der Waals surface area (Å²) in [6, 6.07) is 15.8. The van der Waals surface area contributed by atoms with Crippen molar-refractivity contribution < 1.29 is 23.8 Å². The van der Waals surface area contributed by atoms with Crippen molar-refractivity contribution in [2.45, 2.75) is 13.0 Å². The van der Waals surface area contributed by atoms with Crippen molar-refractivity contribution in [3.05, 3.63) is 77.0 Å². The summed E-state index contributed by atoms with van der Waals surface area (Å²) in [5.41, 5.74) is 3.11. The van der Waals surface area contributed by atoms with Gasteiger partial charge in [-0.05, 0) is 49.0 Å². The van der Waals surface area contributed by atoms with Crippen molar-refractivity contribution in [3.8, 4) is 0 Å². The zero-order valence-electron chi connectivity index (χ0n) is 17.6. The largest absolute Gasteiger partial charge is 0.465 e. The first-order chi connectivity index (χ1) is 15.0. The number of para-hydroxylation sites is 1. The number of esters is 2. The Morgan fingerprint density at radius 2 is 1.68 bits per heavy atom. The molecule has 8 heteroatoms. The molecule has 1 unspecified atom stereocenters. The van der Waals surface area contributed by atoms with Gasteiger partial charge in [-0.15, -0.1) is 0 Å². The molecule has 3 rings (SSSR count). The highest BCUT2D eigenvalue weighted by Crippen LogP contribution is 2.34. The van der Waals surface area contributed by atoms with E-state index in [4.69, 9.17) is 26.4 Å². The maximum atomic E-state index is 13.1. The Bertz CT molecular complexity index is 989. The van der Waals surface area contributed by atoms with Gasteiger partial charge in [-0.3, -0.25) is 4.90 Å². The van der Waals surface area contributed by atoms with Gasteiger partial charge in [-0.2, -0.15) is 0 Å². The zero-order chi connectivity index (χ0) is 22.4. The van der Waals surface area contributed by atoms with E-state index >= 15 is 0 Å². The van der Waals surface area contributed by atoms with E-state index in [9.17, 15) is 9.59 Å². The number of thiocarbonyl (C=S) groups is 1. The standard InChI is InChI=1S/C23H24N2O5S/c1-15-19(22(27)30-14-13-28-2)20(16-9-11-17(12-10-16)21(26)29-3)24-23(31)25(15)18-7-5-4-6-8-18/h4-12,20H,13-14H2,1-3H3,(H,24,31). The van der Waals surface area contributed by atoms with Gasteiger partial charge in [0.2, 0.25) is 0 Å². The average Bonchev–Trinajstić information content (AvgIpc) is 2.79. The average molecular weight is 441 g/mol. The van der Waals surface area contributed by atoms with E-state index in [1.165, 1.54) is 7.11 Å². The van der Waals surface area contributed by atoms with Crippen LogP contribution < -0.4 is 10.2 Å². The lowest BCUT2D eigenvalue weighted by Crippen LogP contribution is -2.48. The van der Waals surface area contributed by atoms with Gasteiger partial charge >= 0.3 is 11.9 Å². The van der Waals surface area contributed by atoms with Crippen LogP contribution in [-0.2, 0) is 19.0 Å². The van der Waals surface area contributed by atoms with Gasteiger partial charge in [0.15, 0.2) is 5.11 Å². The molecule has 1 atom stereocenters. The predicted molar refractivity (Wildman–Crippen MR) is 121 cm³/mol. The van der Waals surface area contributed by atoms with Crippen LogP contribution >= 0.6 is 12.2 Å². The summed E-state index contributed by atoms with van der Waals surface area (Å²) in [4.78, 5) is 26.6. The van der Waals surface area contributed by atoms with Crippen LogP contribution in [0, 0.1) is 0 Å². The fourth-order valence-corrected chi connectivity index (χ4v) is 3.73. The zero-order valence-corrected chi connectivity index (χ0v) is 18.4. The van der Waals surface area contributed by atoms with Gasteiger partial charge in [0.1, 0.15) is 6.61 Å². The van der Waals surface area contributed by atoms with Gasteiger partial charge in [-0.1, -0.05) is 30.3 Å². The summed E-state index contributed by atoms with van der Waals surface area (Å²) in [6.45, 7) is 2.27. The molecule has 2 aromatic rings. The van der Waals surface area contributed by atoms with Crippen molar-refractivity contribution in [1.82, 2.24) is 5.32 Å². The first-order valence-electron chi connectivity index (χ1n) is 9.68. The number of rotatable bonds is 7. The topological polar surface area (TPSA) is 77.1 Å². The Balaban J connectivity index is 2.03. The molecule has 1 N–H and O–H groups in total. The van der Waals surface area contributed by atoms with Crippen molar-refractivity contribution in [2.75, 3.05) is 32.3 Å². The number of nitrogens with one attached hydrogen (secondary N) is 1. The van der Waals surface area contributed by atoms with E-state index in [0.29, 0.717) is 28.6 Å². The van der Waals surface area contributed by atoms with Crippen molar-refractivity contribution in [1.29, 1.82) is 0 Å². The molecule has 0 bridgehead atoms. The van der Waals surface area contributed by atoms with Crippen LogP contribution in [0.15, 0.2) is 65.9 Å². The van der Waals surface area contributed by atoms with Gasteiger partial charge in [-0.25, -0.2) is 9.59 Å². The van der Waals surface area contributed by atoms with Crippen LogP contribution in [0.1, 0.15) is 28.9 Å². The van der Waals surface area contributed by atoms with E-state index in [1.54, 1.807) is 31.4 Å². The molecule has 0 fully saturated rings. The lowest BCUT2D eigenvalue weighted by Gasteiger charge is -2.37. The summed E-state index contributed by atoms with van der Waals surface area (Å²) >= 11 is 5.63. The van der Waals surface area contributed by atoms with Crippen LogP contribution in [0.5, 0.6) is 0 Å². The molecular weight excluding hydrogens is 416 g/mol. The Morgan fingerprint density at radius 1 is 1.00 bits per heavy atom. The predicted octanol–water partition coefficient (Wildman–Crippen LogP) is 3.37. The third kappa shape index (κ3) is 4.92. The molecular formula is C23H24N2O5S. The number of ether oxygens (including phenoxy) is 3. The lowest BCUT2D eigenvalue weighted by atomic mass is 9.94. The molecule has 0 saturated heterocycles. The highest BCUT2D eigenvalue weighted by Gasteiger charge is 2.35. The Morgan fingerprint density at radius 3 is 2.29 bits per heavy atom. The third-order valence-corrected chi connectivity index (χ3v) is 5.21. The minimum absolute atomic E-state index is 0.135. The van der Waals surface area contributed by atoms with E-state index in [2.05, 4.69) is 5.32 Å². The number of anilines is 1. The molecule has 0 amide bonds. The second-order valence-corrected chi connectivity index (χ2v) is 7.18. The van der Waals surface area contributed by atoms with Crippen LogP contribution in [0.2, 0.25) is 0 Å². The Kier molecular flexibility index (Phi) is 7.38. The summed E-state index contributed by atoms with van der Waals surface area (Å²) in [5, 5.41) is 3.70. The smallest absolute Gasteiger partial charge is 0.338 e. The summed E-state index contributed by atoms with van der Waals surface area (Å²) in [5.74, 6) is -0.896. The first-order valence-corrected chi connectivity index (χ1v) is 10.1. The highest BCUT2D eigenvalue weighted by molar-refractivity contribution is 7.80. The SMILES string of the molecule is COCCOC(=O)C1=C(C)N(c2ccccc2)C(=S)NC1c1ccc(C(=O)OC)cc1. The molecule has 0 saturated carbocycles. The van der Waals surface area contributed by atoms with E-state index in [0.717, 1.165) is 11.3 Å². The Hall–Kier alpha value is -3.23. The van der Waals surface area contributed by atoms with Gasteiger partial charge in [0.25, 0.3) is 0 Å². The number of hydrogen-bond donors (Lipinski definition) is 1. The molecule has 0 radical (unpaired) electrons. The second kappa shape index (κ2) is 10.2. The minimum atomic E-state index is -0.533. The van der Waals surface area contributed by atoms with Crippen LogP contribution in [-0.4, -0.2) is 44.5 Å². The van der Waals surface area contributed by atoms with Crippen LogP contribution in [0.25, 0.3) is 0 Å². The molecule has 7 nitrogen and oxygen atoms in total. The maximum Gasteiger partial charge on any atom is 0.338 e. The van der Waals surface area contributed by atoms with Crippen molar-refractivity contribution in [3.63, 3.8) is 0 Å². The van der Waals surface area contributed by atoms with E-state index in [1.807, 2.05) is 42.2 Å². The lowest BCUT2D eigenvalue weighted by molar-refractivity contribution is -0.140. The number of carbonyl (C=O) groups is 2. The fraction of sp³-hybridized carbons (Fsp3) is 0.261. The molecule has 1 aliphatic rings. The molecule has 2 aromatic carbocycles. The number of carbonyl (C=O) groups excluding carboxylic acids is 2.